The number of β-amino-alcohol motifs (C(OH)–C–C–N with tert-alkyl or cyclic N) is 1. The molecule has 0 fully saturated rings. The first-order chi connectivity index (χ1) is 13.0. The fourth-order valence-electron chi connectivity index (χ4n) is 2.57. The van der Waals surface area contributed by atoms with Gasteiger partial charge >= 0.3 is 0 Å². The molecule has 2 N–H and O–H groups in total. The van der Waals surface area contributed by atoms with E-state index in [1.807, 2.05) is 30.3 Å². The molecule has 0 saturated carbocycles. The van der Waals surface area contributed by atoms with Gasteiger partial charge in [0.15, 0.2) is 11.6 Å². The number of rotatable bonds is 7. The van der Waals surface area contributed by atoms with E-state index in [1.165, 1.54) is 6.07 Å². The van der Waals surface area contributed by atoms with Crippen molar-refractivity contribution in [3.05, 3.63) is 70.1 Å². The lowest BCUT2D eigenvalue weighted by Gasteiger charge is -2.15. The number of benzene rings is 2. The summed E-state index contributed by atoms with van der Waals surface area (Å²) in [5.41, 5.74) is 1.19. The molecule has 27 heavy (non-hydrogen) atoms. The monoisotopic (exact) mass is 434 g/mol. The number of nitrogens with one attached hydrogen (secondary N) is 1. The average molecular weight is 435 g/mol. The number of imide groups is 1. The predicted octanol–water partition coefficient (Wildman–Crippen LogP) is 2.82. The molecule has 0 unspecified atom stereocenters. The molecule has 0 saturated heterocycles. The number of hydrogen-bond donors (Lipinski definition) is 2. The molecule has 0 bridgehead atoms. The Labute approximate surface area is 163 Å². The van der Waals surface area contributed by atoms with Crippen LogP contribution in [0.2, 0.25) is 0 Å². The summed E-state index contributed by atoms with van der Waals surface area (Å²) in [7, 11) is 0. The van der Waals surface area contributed by atoms with E-state index >= 15 is 0 Å². The van der Waals surface area contributed by atoms with Crippen LogP contribution >= 0.6 is 15.9 Å². The van der Waals surface area contributed by atoms with E-state index in [0.29, 0.717) is 4.47 Å². The van der Waals surface area contributed by atoms with Crippen molar-refractivity contribution in [2.24, 2.45) is 0 Å². The van der Waals surface area contributed by atoms with Crippen LogP contribution in [0.4, 0.5) is 10.1 Å². The standard InChI is InChI=1S/C19H16BrFN2O4/c20-14-8-13(22-16-10-17(25)23(6-7-24)19(16)26)9-15(21)18(14)27-11-12-4-2-1-3-5-12/h1-5,8-10,22,24H,6-7,11H2. The van der Waals surface area contributed by atoms with Gasteiger partial charge in [0.1, 0.15) is 12.3 Å². The minimum absolute atomic E-state index is 0.0118. The molecule has 2 aromatic carbocycles. The van der Waals surface area contributed by atoms with Crippen molar-refractivity contribution in [1.29, 1.82) is 0 Å². The van der Waals surface area contributed by atoms with Gasteiger partial charge in [-0.05, 0) is 27.6 Å². The number of carbonyl (C=O) groups is 2. The Morgan fingerprint density at radius 3 is 2.59 bits per heavy atom. The van der Waals surface area contributed by atoms with Gasteiger partial charge in [0.2, 0.25) is 0 Å². The second-order valence-corrected chi connectivity index (χ2v) is 6.60. The van der Waals surface area contributed by atoms with E-state index in [-0.39, 0.29) is 36.9 Å². The van der Waals surface area contributed by atoms with Gasteiger partial charge < -0.3 is 15.2 Å². The highest BCUT2D eigenvalue weighted by Crippen LogP contribution is 2.33. The van der Waals surface area contributed by atoms with Crippen molar-refractivity contribution in [3.63, 3.8) is 0 Å². The summed E-state index contributed by atoms with van der Waals surface area (Å²) in [6, 6.07) is 12.1. The summed E-state index contributed by atoms with van der Waals surface area (Å²) in [4.78, 5) is 24.8. The molecule has 0 atom stereocenters. The van der Waals surface area contributed by atoms with Gasteiger partial charge in [-0.15, -0.1) is 0 Å². The van der Waals surface area contributed by atoms with Crippen LogP contribution in [-0.2, 0) is 16.2 Å². The van der Waals surface area contributed by atoms with E-state index in [4.69, 9.17) is 9.84 Å². The van der Waals surface area contributed by atoms with Crippen LogP contribution in [-0.4, -0.2) is 35.0 Å². The summed E-state index contributed by atoms with van der Waals surface area (Å²) >= 11 is 3.26. The molecule has 1 aliphatic heterocycles. The van der Waals surface area contributed by atoms with Crippen molar-refractivity contribution in [3.8, 4) is 5.75 Å². The van der Waals surface area contributed by atoms with Gasteiger partial charge in [0, 0.05) is 17.8 Å². The quantitative estimate of drug-likeness (QED) is 0.655. The van der Waals surface area contributed by atoms with Crippen LogP contribution < -0.4 is 10.1 Å². The Hall–Kier alpha value is -2.71. The highest BCUT2D eigenvalue weighted by atomic mass is 79.9. The van der Waals surface area contributed by atoms with Crippen molar-refractivity contribution in [1.82, 2.24) is 4.90 Å². The molecule has 1 aliphatic rings. The number of hydrogen-bond acceptors (Lipinski definition) is 5. The fraction of sp³-hybridized carbons (Fsp3) is 0.158. The molecular weight excluding hydrogens is 419 g/mol. The smallest absolute Gasteiger partial charge is 0.277 e. The van der Waals surface area contributed by atoms with Crippen molar-refractivity contribution >= 4 is 33.4 Å². The lowest BCUT2D eigenvalue weighted by Crippen LogP contribution is -2.34. The maximum atomic E-state index is 14.4. The zero-order chi connectivity index (χ0) is 19.4. The number of anilines is 1. The molecule has 0 aromatic heterocycles. The van der Waals surface area contributed by atoms with Crippen molar-refractivity contribution in [2.45, 2.75) is 6.61 Å². The Balaban J connectivity index is 1.72. The molecule has 0 spiro atoms. The molecule has 2 aromatic rings. The maximum absolute atomic E-state index is 14.4. The van der Waals surface area contributed by atoms with Crippen LogP contribution in [0.1, 0.15) is 5.56 Å². The third kappa shape index (κ3) is 4.35. The largest absolute Gasteiger partial charge is 0.485 e. The van der Waals surface area contributed by atoms with Gasteiger partial charge in [0.25, 0.3) is 11.8 Å². The van der Waals surface area contributed by atoms with E-state index in [2.05, 4.69) is 21.2 Å². The number of ether oxygens (including phenoxy) is 1. The minimum Gasteiger partial charge on any atom is -0.485 e. The molecule has 140 valence electrons. The maximum Gasteiger partial charge on any atom is 0.277 e. The summed E-state index contributed by atoms with van der Waals surface area (Å²) in [6.45, 7) is -0.215. The van der Waals surface area contributed by atoms with Gasteiger partial charge in [-0.2, -0.15) is 0 Å². The average Bonchev–Trinajstić information content (AvgIpc) is 2.90. The number of aliphatic hydroxyl groups excluding tert-OH is 1. The molecular formula is C19H16BrFN2O4. The summed E-state index contributed by atoms with van der Waals surface area (Å²) < 4.78 is 20.4. The Morgan fingerprint density at radius 1 is 1.19 bits per heavy atom. The third-order valence-electron chi connectivity index (χ3n) is 3.84. The Morgan fingerprint density at radius 2 is 1.93 bits per heavy atom. The number of nitrogens with zero attached hydrogens (tertiary/aromatic N) is 1. The van der Waals surface area contributed by atoms with E-state index < -0.39 is 17.6 Å². The van der Waals surface area contributed by atoms with E-state index in [1.54, 1.807) is 6.07 Å². The van der Waals surface area contributed by atoms with Crippen LogP contribution in [0.3, 0.4) is 0 Å². The molecule has 8 heteroatoms. The lowest BCUT2D eigenvalue weighted by atomic mass is 10.2. The first-order valence-corrected chi connectivity index (χ1v) is 8.90. The second-order valence-electron chi connectivity index (χ2n) is 5.74. The summed E-state index contributed by atoms with van der Waals surface area (Å²) in [5, 5.41) is 11.6. The van der Waals surface area contributed by atoms with E-state index in [0.717, 1.165) is 16.5 Å². The highest BCUT2D eigenvalue weighted by molar-refractivity contribution is 9.10. The Kier molecular flexibility index (Phi) is 5.88. The molecule has 0 aliphatic carbocycles. The normalized spacial score (nSPS) is 13.7. The zero-order valence-electron chi connectivity index (χ0n) is 14.1. The van der Waals surface area contributed by atoms with Crippen LogP contribution in [0, 0.1) is 5.82 Å². The zero-order valence-corrected chi connectivity index (χ0v) is 15.7. The van der Waals surface area contributed by atoms with E-state index in [9.17, 15) is 14.0 Å². The minimum atomic E-state index is -0.618. The van der Waals surface area contributed by atoms with Crippen LogP contribution in [0.25, 0.3) is 0 Å². The number of aliphatic hydroxyl groups is 1. The molecule has 1 heterocycles. The summed E-state index contributed by atoms with van der Waals surface area (Å²) in [6.07, 6.45) is 1.11. The number of carbonyl (C=O) groups excluding carboxylic acids is 2. The number of amides is 2. The highest BCUT2D eigenvalue weighted by Gasteiger charge is 2.30. The third-order valence-corrected chi connectivity index (χ3v) is 4.43. The second kappa shape index (κ2) is 8.32. The van der Waals surface area contributed by atoms with Crippen molar-refractivity contribution < 1.29 is 23.8 Å². The molecule has 6 nitrogen and oxygen atoms in total. The van der Waals surface area contributed by atoms with Crippen LogP contribution in [0.15, 0.2) is 58.7 Å². The molecule has 3 rings (SSSR count). The topological polar surface area (TPSA) is 78.9 Å². The Bertz CT molecular complexity index is 879. The van der Waals surface area contributed by atoms with Crippen molar-refractivity contribution in [2.75, 3.05) is 18.5 Å². The summed E-state index contributed by atoms with van der Waals surface area (Å²) in [5.74, 6) is -1.67. The van der Waals surface area contributed by atoms with Gasteiger partial charge in [-0.25, -0.2) is 4.39 Å². The predicted molar refractivity (Wildman–Crippen MR) is 100 cm³/mol. The first-order valence-electron chi connectivity index (χ1n) is 8.10. The SMILES string of the molecule is O=C1C=C(Nc2cc(F)c(OCc3ccccc3)c(Br)c2)C(=O)N1CCO. The lowest BCUT2D eigenvalue weighted by molar-refractivity contribution is -0.137. The van der Waals surface area contributed by atoms with Crippen LogP contribution in [0.5, 0.6) is 5.75 Å². The fourth-order valence-corrected chi connectivity index (χ4v) is 3.12. The van der Waals surface area contributed by atoms with Gasteiger partial charge in [-0.1, -0.05) is 30.3 Å². The van der Waals surface area contributed by atoms with Gasteiger partial charge in [-0.3, -0.25) is 14.5 Å². The molecule has 2 amide bonds. The molecule has 0 radical (unpaired) electrons. The number of halogens is 2. The first kappa shape index (κ1) is 19.1. The van der Waals surface area contributed by atoms with Gasteiger partial charge in [0.05, 0.1) is 17.6 Å².